The Bertz CT molecular complexity index is 1200. The molecule has 0 saturated carbocycles. The summed E-state index contributed by atoms with van der Waals surface area (Å²) >= 11 is 6.07. The molecule has 0 spiro atoms. The van der Waals surface area contributed by atoms with E-state index in [1.54, 1.807) is 35.3 Å². The van der Waals surface area contributed by atoms with Crippen molar-refractivity contribution >= 4 is 40.6 Å². The largest absolute Gasteiger partial charge is 0.307 e. The van der Waals surface area contributed by atoms with Crippen molar-refractivity contribution < 1.29 is 4.79 Å². The first-order valence-electron chi connectivity index (χ1n) is 8.77. The average Bonchev–Trinajstić information content (AvgIpc) is 3.11. The molecule has 9 heteroatoms. The molecule has 1 N–H and O–H groups in total. The monoisotopic (exact) mass is 405 g/mol. The molecule has 3 aromatic heterocycles. The quantitative estimate of drug-likeness (QED) is 0.228. The molecule has 0 atom stereocenters. The molecule has 0 fully saturated rings. The van der Waals surface area contributed by atoms with E-state index < -0.39 is 0 Å². The maximum absolute atomic E-state index is 12.5. The van der Waals surface area contributed by atoms with Gasteiger partial charge in [0.25, 0.3) is 0 Å². The summed E-state index contributed by atoms with van der Waals surface area (Å²) in [5.74, 6) is 0.271. The second kappa shape index (κ2) is 8.15. The number of halogens is 1. The molecule has 8 nitrogen and oxygen atoms in total. The maximum atomic E-state index is 12.5. The number of hydrazone groups is 1. The maximum Gasteiger partial charge on any atom is 0.226 e. The number of Topliss-reactive ketones (excluding diaryl/α,β-unsaturated/α-hetero) is 1. The van der Waals surface area contributed by atoms with Gasteiger partial charge in [-0.3, -0.25) is 15.2 Å². The smallest absolute Gasteiger partial charge is 0.226 e. The first-order chi connectivity index (χ1) is 14.1. The Morgan fingerprint density at radius 1 is 1.24 bits per heavy atom. The van der Waals surface area contributed by atoms with Crippen molar-refractivity contribution in [3.8, 4) is 0 Å². The van der Waals surface area contributed by atoms with Crippen LogP contribution in [0.1, 0.15) is 21.5 Å². The van der Waals surface area contributed by atoms with E-state index in [0.717, 1.165) is 11.1 Å². The van der Waals surface area contributed by atoms with Crippen molar-refractivity contribution in [3.05, 3.63) is 77.1 Å². The Hall–Kier alpha value is -3.65. The first-order valence-corrected chi connectivity index (χ1v) is 9.15. The second-order valence-corrected chi connectivity index (χ2v) is 6.67. The van der Waals surface area contributed by atoms with Gasteiger partial charge in [-0.1, -0.05) is 29.8 Å². The molecule has 29 heavy (non-hydrogen) atoms. The van der Waals surface area contributed by atoms with E-state index in [1.807, 2.05) is 31.2 Å². The molecule has 0 aliphatic heterocycles. The molecule has 4 rings (SSSR count). The van der Waals surface area contributed by atoms with E-state index in [1.165, 1.54) is 6.33 Å². The second-order valence-electron chi connectivity index (χ2n) is 6.33. The summed E-state index contributed by atoms with van der Waals surface area (Å²) < 4.78 is 1.63. The first kappa shape index (κ1) is 18.7. The van der Waals surface area contributed by atoms with Crippen molar-refractivity contribution in [1.29, 1.82) is 0 Å². The fourth-order valence-corrected chi connectivity index (χ4v) is 2.98. The highest BCUT2D eigenvalue weighted by atomic mass is 35.5. The number of carbonyl (C=O) groups excluding carboxylic acids is 1. The number of hydrogen-bond donors (Lipinski definition) is 1. The van der Waals surface area contributed by atoms with Crippen LogP contribution >= 0.6 is 11.6 Å². The molecule has 4 aromatic rings. The van der Waals surface area contributed by atoms with E-state index >= 15 is 0 Å². The number of aromatic nitrogens is 5. The lowest BCUT2D eigenvalue weighted by Crippen LogP contribution is -2.10. The lowest BCUT2D eigenvalue weighted by Gasteiger charge is -2.05. The van der Waals surface area contributed by atoms with Crippen LogP contribution < -0.4 is 5.43 Å². The van der Waals surface area contributed by atoms with Gasteiger partial charge in [-0.15, -0.1) is 0 Å². The summed E-state index contributed by atoms with van der Waals surface area (Å²) in [5, 5.41) is 4.25. The Morgan fingerprint density at radius 2 is 2.07 bits per heavy atom. The summed E-state index contributed by atoms with van der Waals surface area (Å²) in [6.07, 6.45) is 6.36. The highest BCUT2D eigenvalue weighted by Crippen LogP contribution is 2.21. The van der Waals surface area contributed by atoms with Crippen LogP contribution in [0.3, 0.4) is 0 Å². The van der Waals surface area contributed by atoms with Gasteiger partial charge < -0.3 is 4.57 Å². The predicted octanol–water partition coefficient (Wildman–Crippen LogP) is 3.51. The topological polar surface area (TPSA) is 98.0 Å². The van der Waals surface area contributed by atoms with Crippen LogP contribution in [0.2, 0.25) is 5.28 Å². The zero-order valence-corrected chi connectivity index (χ0v) is 16.2. The van der Waals surface area contributed by atoms with E-state index in [0.29, 0.717) is 22.5 Å². The molecule has 3 heterocycles. The number of pyridine rings is 1. The van der Waals surface area contributed by atoms with Crippen molar-refractivity contribution in [3.63, 3.8) is 0 Å². The third-order valence-electron chi connectivity index (χ3n) is 4.18. The molecule has 0 bridgehead atoms. The van der Waals surface area contributed by atoms with Crippen LogP contribution in [-0.2, 0) is 6.54 Å². The summed E-state index contributed by atoms with van der Waals surface area (Å²) in [6.45, 7) is 2.08. The molecule has 0 aliphatic carbocycles. The van der Waals surface area contributed by atoms with Crippen LogP contribution in [0.15, 0.2) is 60.2 Å². The average molecular weight is 406 g/mol. The number of nitrogens with one attached hydrogen (secondary N) is 1. The highest BCUT2D eigenvalue weighted by Gasteiger charge is 2.15. The molecule has 0 aliphatic rings. The van der Waals surface area contributed by atoms with Gasteiger partial charge in [0.2, 0.25) is 5.28 Å². The fraction of sp³-hybridized carbons (Fsp3) is 0.100. The van der Waals surface area contributed by atoms with Gasteiger partial charge in [-0.05, 0) is 36.2 Å². The van der Waals surface area contributed by atoms with Crippen molar-refractivity contribution in [1.82, 2.24) is 24.5 Å². The van der Waals surface area contributed by atoms with Gasteiger partial charge in [0.05, 0.1) is 19.1 Å². The zero-order chi connectivity index (χ0) is 20.2. The lowest BCUT2D eigenvalue weighted by atomic mass is 10.2. The van der Waals surface area contributed by atoms with Gasteiger partial charge >= 0.3 is 0 Å². The number of benzene rings is 1. The summed E-state index contributed by atoms with van der Waals surface area (Å²) in [7, 11) is 0. The fourth-order valence-electron chi connectivity index (χ4n) is 2.81. The van der Waals surface area contributed by atoms with Gasteiger partial charge in [-0.25, -0.2) is 4.98 Å². The molecule has 0 unspecified atom stereocenters. The molecule has 1 aromatic carbocycles. The van der Waals surface area contributed by atoms with Crippen molar-refractivity contribution in [2.45, 2.75) is 13.5 Å². The van der Waals surface area contributed by atoms with E-state index in [4.69, 9.17) is 11.6 Å². The van der Waals surface area contributed by atoms with Gasteiger partial charge in [-0.2, -0.15) is 15.1 Å². The number of rotatable bonds is 6. The Balaban J connectivity index is 1.59. The number of carbonyl (C=O) groups is 1. The molecule has 0 saturated heterocycles. The predicted molar refractivity (Wildman–Crippen MR) is 111 cm³/mol. The number of nitrogens with zero attached hydrogens (tertiary/aromatic N) is 6. The molecule has 144 valence electrons. The number of aryl methyl sites for hydroxylation is 1. The SMILES string of the molecule is Cc1cccc(/C=N/Nc2nc(Cl)nc3c2ncn3CC(=O)c2ccncc2)c1. The summed E-state index contributed by atoms with van der Waals surface area (Å²) in [6, 6.07) is 11.2. The minimum absolute atomic E-state index is 0.0314. The Kier molecular flexibility index (Phi) is 5.26. The third kappa shape index (κ3) is 4.27. The van der Waals surface area contributed by atoms with Crippen LogP contribution in [0.5, 0.6) is 0 Å². The normalized spacial score (nSPS) is 11.2. The van der Waals surface area contributed by atoms with E-state index in [2.05, 4.69) is 30.5 Å². The van der Waals surface area contributed by atoms with Crippen LogP contribution in [0.25, 0.3) is 11.2 Å². The number of ketones is 1. The highest BCUT2D eigenvalue weighted by molar-refractivity contribution is 6.28. The zero-order valence-electron chi connectivity index (χ0n) is 15.5. The standard InChI is InChI=1S/C20H16ClN7O/c1-13-3-2-4-14(9-13)10-24-27-18-17-19(26-20(21)25-18)28(12-23-17)11-16(29)15-5-7-22-8-6-15/h2-10,12H,11H2,1H3,(H,25,26,27)/b24-10+. The Morgan fingerprint density at radius 3 is 2.86 bits per heavy atom. The van der Waals surface area contributed by atoms with Crippen molar-refractivity contribution in [2.24, 2.45) is 5.10 Å². The van der Waals surface area contributed by atoms with Crippen LogP contribution in [0, 0.1) is 6.92 Å². The summed E-state index contributed by atoms with van der Waals surface area (Å²) in [5.41, 5.74) is 6.42. The van der Waals surface area contributed by atoms with Crippen molar-refractivity contribution in [2.75, 3.05) is 5.43 Å². The molecular weight excluding hydrogens is 390 g/mol. The molecule has 0 radical (unpaired) electrons. The van der Waals surface area contributed by atoms with Gasteiger partial charge in [0.1, 0.15) is 0 Å². The van der Waals surface area contributed by atoms with Gasteiger partial charge in [0.15, 0.2) is 22.8 Å². The number of hydrogen-bond acceptors (Lipinski definition) is 7. The number of imidazole rings is 1. The number of anilines is 1. The minimum atomic E-state index is -0.0894. The summed E-state index contributed by atoms with van der Waals surface area (Å²) in [4.78, 5) is 29.1. The van der Waals surface area contributed by atoms with Crippen LogP contribution in [-0.4, -0.2) is 36.5 Å². The molecule has 0 amide bonds. The Labute approximate surface area is 171 Å². The van der Waals surface area contributed by atoms with Crippen LogP contribution in [0.4, 0.5) is 5.82 Å². The van der Waals surface area contributed by atoms with Gasteiger partial charge in [0, 0.05) is 18.0 Å². The third-order valence-corrected chi connectivity index (χ3v) is 4.35. The molecular formula is C20H16ClN7O. The van der Waals surface area contributed by atoms with E-state index in [-0.39, 0.29) is 17.6 Å². The lowest BCUT2D eigenvalue weighted by molar-refractivity contribution is 0.0973. The number of fused-ring (bicyclic) bond motifs is 1. The van der Waals surface area contributed by atoms with E-state index in [9.17, 15) is 4.79 Å². The minimum Gasteiger partial charge on any atom is -0.307 e.